The topological polar surface area (TPSA) is 70.5 Å². The van der Waals surface area contributed by atoms with Gasteiger partial charge in [-0.25, -0.2) is 0 Å². The van der Waals surface area contributed by atoms with Gasteiger partial charge in [0.15, 0.2) is 0 Å². The number of ether oxygens (including phenoxy) is 3. The molecular formula is C37H70N3O4S+. The zero-order valence-electron chi connectivity index (χ0n) is 30.4. The normalized spacial score (nSPS) is 17.0. The number of esters is 1. The molecule has 1 aliphatic rings. The third-order valence-corrected chi connectivity index (χ3v) is 9.17. The molecule has 0 bridgehead atoms. The maximum absolute atomic E-state index is 12.9. The highest BCUT2D eigenvalue weighted by molar-refractivity contribution is 6.99. The number of rotatable bonds is 25. The van der Waals surface area contributed by atoms with Crippen molar-refractivity contribution < 1.29 is 23.5 Å². The molecule has 0 saturated carbocycles. The minimum absolute atomic E-state index is 0.0634. The molecule has 2 heterocycles. The van der Waals surface area contributed by atoms with Crippen LogP contribution in [0.15, 0.2) is 6.08 Å². The monoisotopic (exact) mass is 653 g/mol. The Morgan fingerprint density at radius 3 is 1.93 bits per heavy atom. The van der Waals surface area contributed by atoms with Crippen LogP contribution in [-0.2, 0) is 14.3 Å². The quantitative estimate of drug-likeness (QED) is 0.0595. The molecule has 0 aromatic carbocycles. The van der Waals surface area contributed by atoms with Gasteiger partial charge in [-0.05, 0) is 18.8 Å². The van der Waals surface area contributed by atoms with Gasteiger partial charge in [0.25, 0.3) is 5.88 Å². The first-order chi connectivity index (χ1) is 21.8. The number of carbonyl (C=O) groups is 1. The van der Waals surface area contributed by atoms with Gasteiger partial charge < -0.3 is 14.2 Å². The molecule has 0 N–H and O–H groups in total. The van der Waals surface area contributed by atoms with Gasteiger partial charge in [-0.3, -0.25) is 9.28 Å². The van der Waals surface area contributed by atoms with Crippen LogP contribution in [0.1, 0.15) is 162 Å². The molecule has 262 valence electrons. The Kier molecular flexibility index (Phi) is 24.5. The second-order valence-corrected chi connectivity index (χ2v) is 14.2. The van der Waals surface area contributed by atoms with Crippen molar-refractivity contribution in [2.75, 3.05) is 41.0 Å². The lowest BCUT2D eigenvalue weighted by molar-refractivity contribution is -0.947. The number of unbranched alkanes of at least 4 members (excludes halogenated alkanes) is 15. The zero-order valence-corrected chi connectivity index (χ0v) is 31.2. The van der Waals surface area contributed by atoms with Gasteiger partial charge in [0.2, 0.25) is 6.23 Å². The summed E-state index contributed by atoms with van der Waals surface area (Å²) in [6.45, 7) is 11.1. The molecule has 0 radical (unpaired) electrons. The van der Waals surface area contributed by atoms with Crippen molar-refractivity contribution in [3.05, 3.63) is 11.8 Å². The first kappa shape index (κ1) is 41.5. The Balaban J connectivity index is 0.00000324. The highest BCUT2D eigenvalue weighted by Gasteiger charge is 2.39. The second-order valence-electron chi connectivity index (χ2n) is 13.7. The summed E-state index contributed by atoms with van der Waals surface area (Å²) in [5.74, 6) is 0.905. The Morgan fingerprint density at radius 1 is 0.844 bits per heavy atom. The van der Waals surface area contributed by atoms with Gasteiger partial charge in [-0.2, -0.15) is 4.37 Å². The molecule has 45 heavy (non-hydrogen) atoms. The van der Waals surface area contributed by atoms with Crippen LogP contribution in [0, 0.1) is 5.92 Å². The van der Waals surface area contributed by atoms with E-state index in [1.807, 2.05) is 0 Å². The minimum Gasteiger partial charge on any atom is -0.475 e. The van der Waals surface area contributed by atoms with E-state index in [0.717, 1.165) is 44.5 Å². The van der Waals surface area contributed by atoms with Gasteiger partial charge >= 0.3 is 5.97 Å². The van der Waals surface area contributed by atoms with Crippen molar-refractivity contribution >= 4 is 23.3 Å². The van der Waals surface area contributed by atoms with Crippen molar-refractivity contribution in [1.29, 1.82) is 0 Å². The molecule has 0 amide bonds. The fourth-order valence-corrected chi connectivity index (χ4v) is 6.55. The van der Waals surface area contributed by atoms with Crippen LogP contribution < -0.4 is 4.74 Å². The number of likely N-dealkylation sites (N-methyl/N-ethyl adjacent to an activating group) is 1. The first-order valence-corrected chi connectivity index (χ1v) is 19.1. The van der Waals surface area contributed by atoms with Crippen molar-refractivity contribution in [3.63, 3.8) is 0 Å². The predicted molar refractivity (Wildman–Crippen MR) is 191 cm³/mol. The Hall–Kier alpha value is -1.51. The summed E-state index contributed by atoms with van der Waals surface area (Å²) in [6.07, 6.45) is 26.6. The SMILES string of the molecule is CCCCCCCCCCCCCCCC(OC(=O)CC(C)C)[N+]1(C)CCC=C(c2nsnc2OCCCCCC)C1.COC. The predicted octanol–water partition coefficient (Wildman–Crippen LogP) is 10.4. The lowest BCUT2D eigenvalue weighted by Gasteiger charge is -2.43. The number of methoxy groups -OCH3 is 1. The molecule has 7 nitrogen and oxygen atoms in total. The molecule has 1 aliphatic heterocycles. The molecule has 1 aromatic heterocycles. The largest absolute Gasteiger partial charge is 0.475 e. The fraction of sp³-hybridized carbons (Fsp3) is 0.865. The molecule has 0 fully saturated rings. The van der Waals surface area contributed by atoms with Crippen molar-refractivity contribution in [3.8, 4) is 5.88 Å². The van der Waals surface area contributed by atoms with Crippen LogP contribution in [0.3, 0.4) is 0 Å². The van der Waals surface area contributed by atoms with E-state index in [0.29, 0.717) is 29.3 Å². The maximum atomic E-state index is 12.9. The summed E-state index contributed by atoms with van der Waals surface area (Å²) in [6, 6.07) is 0. The second kappa shape index (κ2) is 26.5. The van der Waals surface area contributed by atoms with E-state index in [1.54, 1.807) is 14.2 Å². The Bertz CT molecular complexity index is 891. The Morgan fingerprint density at radius 2 is 1.38 bits per heavy atom. The van der Waals surface area contributed by atoms with Gasteiger partial charge in [-0.15, -0.1) is 4.37 Å². The third kappa shape index (κ3) is 19.0. The number of aromatic nitrogens is 2. The number of hydrogen-bond donors (Lipinski definition) is 0. The lowest BCUT2D eigenvalue weighted by atomic mass is 10.0. The molecule has 0 saturated heterocycles. The average molecular weight is 653 g/mol. The van der Waals surface area contributed by atoms with Gasteiger partial charge in [-0.1, -0.05) is 130 Å². The lowest BCUT2D eigenvalue weighted by Crippen LogP contribution is -2.56. The number of nitrogens with zero attached hydrogens (tertiary/aromatic N) is 3. The molecule has 2 unspecified atom stereocenters. The van der Waals surface area contributed by atoms with Crippen LogP contribution in [-0.4, -0.2) is 66.4 Å². The van der Waals surface area contributed by atoms with E-state index in [-0.39, 0.29) is 12.2 Å². The summed E-state index contributed by atoms with van der Waals surface area (Å²) < 4.78 is 26.4. The average Bonchev–Trinajstić information content (AvgIpc) is 3.47. The van der Waals surface area contributed by atoms with Crippen LogP contribution >= 0.6 is 11.7 Å². The summed E-state index contributed by atoms with van der Waals surface area (Å²) >= 11 is 1.23. The highest BCUT2D eigenvalue weighted by Crippen LogP contribution is 2.33. The molecule has 8 heteroatoms. The van der Waals surface area contributed by atoms with E-state index >= 15 is 0 Å². The fourth-order valence-electron chi connectivity index (χ4n) is 6.02. The standard InChI is InChI=1S/C35H64N3O3S.C2H6O/c1-6-8-10-12-13-14-15-16-17-18-19-20-21-25-32(41-33(39)28-30(3)4)38(5)26-23-24-31(29-38)34-35(37-42-36-34)40-27-22-11-9-7-2;1-3-2/h24,30,32H,6-23,25-29H2,1-5H3;1-2H3/q+1;. The summed E-state index contributed by atoms with van der Waals surface area (Å²) in [7, 11) is 5.51. The van der Waals surface area contributed by atoms with Gasteiger partial charge in [0.05, 0.1) is 31.9 Å². The maximum Gasteiger partial charge on any atom is 0.310 e. The van der Waals surface area contributed by atoms with E-state index in [1.165, 1.54) is 114 Å². The molecule has 1 aromatic rings. The molecular weight excluding hydrogens is 582 g/mol. The van der Waals surface area contributed by atoms with Crippen molar-refractivity contribution in [1.82, 2.24) is 8.75 Å². The van der Waals surface area contributed by atoms with Crippen LogP contribution in [0.5, 0.6) is 5.88 Å². The van der Waals surface area contributed by atoms with Crippen molar-refractivity contribution in [2.24, 2.45) is 5.92 Å². The third-order valence-electron chi connectivity index (χ3n) is 8.65. The van der Waals surface area contributed by atoms with Gasteiger partial charge in [0, 0.05) is 39.1 Å². The smallest absolute Gasteiger partial charge is 0.310 e. The summed E-state index contributed by atoms with van der Waals surface area (Å²) in [5, 5.41) is 0. The van der Waals surface area contributed by atoms with E-state index < -0.39 is 0 Å². The zero-order chi connectivity index (χ0) is 33.2. The summed E-state index contributed by atoms with van der Waals surface area (Å²) in [5.41, 5.74) is 2.06. The minimum atomic E-state index is -0.127. The van der Waals surface area contributed by atoms with Crippen LogP contribution in [0.25, 0.3) is 5.57 Å². The number of hydrogen-bond acceptors (Lipinski definition) is 7. The van der Waals surface area contributed by atoms with Crippen LogP contribution in [0.4, 0.5) is 0 Å². The van der Waals surface area contributed by atoms with Crippen LogP contribution in [0.2, 0.25) is 0 Å². The van der Waals surface area contributed by atoms with E-state index in [2.05, 4.69) is 54.3 Å². The van der Waals surface area contributed by atoms with Crippen molar-refractivity contribution in [2.45, 2.75) is 162 Å². The first-order valence-electron chi connectivity index (χ1n) is 18.4. The van der Waals surface area contributed by atoms with E-state index in [4.69, 9.17) is 9.47 Å². The number of quaternary nitrogens is 1. The molecule has 2 atom stereocenters. The molecule has 2 rings (SSSR count). The van der Waals surface area contributed by atoms with E-state index in [9.17, 15) is 4.79 Å². The van der Waals surface area contributed by atoms with Gasteiger partial charge in [0.1, 0.15) is 12.2 Å². The summed E-state index contributed by atoms with van der Waals surface area (Å²) in [4.78, 5) is 12.9. The highest BCUT2D eigenvalue weighted by atomic mass is 32.1. The molecule has 0 spiro atoms. The Labute approximate surface area is 281 Å². The molecule has 0 aliphatic carbocycles. The number of carbonyl (C=O) groups excluding carboxylic acids is 1.